The Balaban J connectivity index is 2.16. The van der Waals surface area contributed by atoms with Crippen molar-refractivity contribution in [2.75, 3.05) is 0 Å². The number of hydrogen-bond acceptors (Lipinski definition) is 1. The number of rotatable bonds is 1. The number of benzene rings is 2. The molecule has 3 aromatic rings. The molecule has 0 fully saturated rings. The molecule has 1 aromatic heterocycles. The first-order chi connectivity index (χ1) is 9.43. The van der Waals surface area contributed by atoms with Gasteiger partial charge >= 0.3 is 6.18 Å². The van der Waals surface area contributed by atoms with Gasteiger partial charge in [-0.3, -0.25) is 0 Å². The van der Waals surface area contributed by atoms with Crippen molar-refractivity contribution < 1.29 is 13.2 Å². The third-order valence-corrected chi connectivity index (χ3v) is 3.11. The maximum absolute atomic E-state index is 12.8. The van der Waals surface area contributed by atoms with Crippen molar-refractivity contribution in [2.24, 2.45) is 0 Å². The first-order valence-electron chi connectivity index (χ1n) is 5.76. The van der Waals surface area contributed by atoms with Crippen molar-refractivity contribution in [3.8, 4) is 11.4 Å². The van der Waals surface area contributed by atoms with Crippen molar-refractivity contribution in [3.05, 3.63) is 53.1 Å². The summed E-state index contributed by atoms with van der Waals surface area (Å²) in [6, 6.07) is 10.6. The Morgan fingerprint density at radius 2 is 1.80 bits per heavy atom. The fourth-order valence-electron chi connectivity index (χ4n) is 1.98. The lowest BCUT2D eigenvalue weighted by Gasteiger charge is -2.08. The molecule has 0 aliphatic rings. The van der Waals surface area contributed by atoms with E-state index in [4.69, 9.17) is 11.6 Å². The molecule has 0 unspecified atom stereocenters. The largest absolute Gasteiger partial charge is 0.416 e. The molecule has 0 aliphatic heterocycles. The van der Waals surface area contributed by atoms with E-state index in [1.54, 1.807) is 12.1 Å². The summed E-state index contributed by atoms with van der Waals surface area (Å²) >= 11 is 5.76. The van der Waals surface area contributed by atoms with Crippen molar-refractivity contribution in [1.82, 2.24) is 9.97 Å². The van der Waals surface area contributed by atoms with Crippen LogP contribution in [0.2, 0.25) is 5.02 Å². The lowest BCUT2D eigenvalue weighted by Crippen LogP contribution is -2.05. The molecule has 102 valence electrons. The van der Waals surface area contributed by atoms with E-state index in [-0.39, 0.29) is 5.02 Å². The highest BCUT2D eigenvalue weighted by Crippen LogP contribution is 2.34. The lowest BCUT2D eigenvalue weighted by atomic mass is 10.1. The average molecular weight is 297 g/mol. The number of aromatic nitrogens is 2. The van der Waals surface area contributed by atoms with Crippen LogP contribution < -0.4 is 0 Å². The fourth-order valence-corrected chi connectivity index (χ4v) is 2.21. The van der Waals surface area contributed by atoms with Gasteiger partial charge in [-0.15, -0.1) is 0 Å². The normalized spacial score (nSPS) is 12.0. The Bertz CT molecular complexity index is 744. The highest BCUT2D eigenvalue weighted by molar-refractivity contribution is 6.31. The molecule has 0 aliphatic carbocycles. The molecule has 0 radical (unpaired) electrons. The van der Waals surface area contributed by atoms with E-state index in [1.807, 2.05) is 12.1 Å². The van der Waals surface area contributed by atoms with Crippen LogP contribution >= 0.6 is 11.6 Å². The molecule has 2 aromatic carbocycles. The number of nitrogens with zero attached hydrogens (tertiary/aromatic N) is 1. The van der Waals surface area contributed by atoms with Gasteiger partial charge in [0, 0.05) is 10.6 Å². The van der Waals surface area contributed by atoms with Gasteiger partial charge in [-0.1, -0.05) is 23.7 Å². The van der Waals surface area contributed by atoms with Crippen molar-refractivity contribution in [3.63, 3.8) is 0 Å². The monoisotopic (exact) mass is 296 g/mol. The van der Waals surface area contributed by atoms with Crippen molar-refractivity contribution in [1.29, 1.82) is 0 Å². The minimum atomic E-state index is -4.44. The van der Waals surface area contributed by atoms with E-state index in [0.717, 1.165) is 17.6 Å². The van der Waals surface area contributed by atoms with E-state index in [2.05, 4.69) is 9.97 Å². The van der Waals surface area contributed by atoms with E-state index in [9.17, 15) is 13.2 Å². The topological polar surface area (TPSA) is 28.7 Å². The summed E-state index contributed by atoms with van der Waals surface area (Å²) in [4.78, 5) is 7.25. The van der Waals surface area contributed by atoms with Crippen LogP contribution in [-0.4, -0.2) is 9.97 Å². The molecule has 1 N–H and O–H groups in total. The number of fused-ring (bicyclic) bond motifs is 1. The van der Waals surface area contributed by atoms with Gasteiger partial charge in [-0.25, -0.2) is 4.98 Å². The van der Waals surface area contributed by atoms with Crippen LogP contribution in [0, 0.1) is 0 Å². The summed E-state index contributed by atoms with van der Waals surface area (Å²) in [5, 5.41) is 0.0234. The quantitative estimate of drug-likeness (QED) is 0.679. The third kappa shape index (κ3) is 2.36. The van der Waals surface area contributed by atoms with Crippen molar-refractivity contribution >= 4 is 22.6 Å². The Labute approximate surface area is 117 Å². The highest BCUT2D eigenvalue weighted by Gasteiger charge is 2.31. The fraction of sp³-hybridized carbons (Fsp3) is 0.0714. The summed E-state index contributed by atoms with van der Waals surface area (Å²) in [6.45, 7) is 0. The Hall–Kier alpha value is -2.01. The summed E-state index contributed by atoms with van der Waals surface area (Å²) < 4.78 is 38.3. The van der Waals surface area contributed by atoms with Gasteiger partial charge in [0.1, 0.15) is 5.82 Å². The number of alkyl halides is 3. The summed E-state index contributed by atoms with van der Waals surface area (Å²) in [6.07, 6.45) is -4.44. The predicted molar refractivity (Wildman–Crippen MR) is 71.5 cm³/mol. The van der Waals surface area contributed by atoms with Crippen LogP contribution in [0.25, 0.3) is 22.4 Å². The van der Waals surface area contributed by atoms with Crippen LogP contribution in [0.3, 0.4) is 0 Å². The second-order valence-electron chi connectivity index (χ2n) is 4.33. The van der Waals surface area contributed by atoms with Gasteiger partial charge in [0.25, 0.3) is 0 Å². The SMILES string of the molecule is FC(F)(F)c1cc(Cl)cc(-c2nc3ccccc3[nH]2)c1. The van der Waals surface area contributed by atoms with E-state index >= 15 is 0 Å². The second-order valence-corrected chi connectivity index (χ2v) is 4.77. The molecule has 0 amide bonds. The Kier molecular flexibility index (Phi) is 2.94. The van der Waals surface area contributed by atoms with Crippen LogP contribution in [0.5, 0.6) is 0 Å². The van der Waals surface area contributed by atoms with Gasteiger partial charge < -0.3 is 4.98 Å². The van der Waals surface area contributed by atoms with Gasteiger partial charge in [-0.05, 0) is 30.3 Å². The molecule has 6 heteroatoms. The molecular formula is C14H8ClF3N2. The summed E-state index contributed by atoms with van der Waals surface area (Å²) in [7, 11) is 0. The van der Waals surface area contributed by atoms with Gasteiger partial charge in [0.05, 0.1) is 16.6 Å². The van der Waals surface area contributed by atoms with Gasteiger partial charge in [0.15, 0.2) is 0 Å². The zero-order valence-corrected chi connectivity index (χ0v) is 10.8. The number of halogens is 4. The molecule has 20 heavy (non-hydrogen) atoms. The number of imidazole rings is 1. The average Bonchev–Trinajstić information content (AvgIpc) is 2.80. The molecule has 0 bridgehead atoms. The van der Waals surface area contributed by atoms with Gasteiger partial charge in [0.2, 0.25) is 0 Å². The highest BCUT2D eigenvalue weighted by atomic mass is 35.5. The molecular weight excluding hydrogens is 289 g/mol. The molecule has 0 saturated heterocycles. The van der Waals surface area contributed by atoms with E-state index in [1.165, 1.54) is 6.07 Å². The minimum Gasteiger partial charge on any atom is -0.338 e. The Morgan fingerprint density at radius 1 is 1.05 bits per heavy atom. The summed E-state index contributed by atoms with van der Waals surface area (Å²) in [5.74, 6) is 0.360. The second kappa shape index (κ2) is 4.52. The van der Waals surface area contributed by atoms with Crippen LogP contribution in [0.4, 0.5) is 13.2 Å². The third-order valence-electron chi connectivity index (χ3n) is 2.89. The first kappa shape index (κ1) is 13.0. The molecule has 0 atom stereocenters. The molecule has 3 rings (SSSR count). The van der Waals surface area contributed by atoms with Crippen LogP contribution in [0.15, 0.2) is 42.5 Å². The zero-order valence-electron chi connectivity index (χ0n) is 10.0. The number of aromatic amines is 1. The molecule has 0 saturated carbocycles. The summed E-state index contributed by atoms with van der Waals surface area (Å²) in [5.41, 5.74) is 0.966. The predicted octanol–water partition coefficient (Wildman–Crippen LogP) is 4.90. The molecule has 2 nitrogen and oxygen atoms in total. The van der Waals surface area contributed by atoms with E-state index in [0.29, 0.717) is 16.9 Å². The van der Waals surface area contributed by atoms with E-state index < -0.39 is 11.7 Å². The minimum absolute atomic E-state index is 0.0234. The number of nitrogens with one attached hydrogen (secondary N) is 1. The van der Waals surface area contributed by atoms with Crippen molar-refractivity contribution in [2.45, 2.75) is 6.18 Å². The maximum atomic E-state index is 12.8. The molecule has 1 heterocycles. The van der Waals surface area contributed by atoms with Crippen LogP contribution in [0.1, 0.15) is 5.56 Å². The van der Waals surface area contributed by atoms with Gasteiger partial charge in [-0.2, -0.15) is 13.2 Å². The van der Waals surface area contributed by atoms with Crippen LogP contribution in [-0.2, 0) is 6.18 Å². The maximum Gasteiger partial charge on any atom is 0.416 e. The first-order valence-corrected chi connectivity index (χ1v) is 6.14. The smallest absolute Gasteiger partial charge is 0.338 e. The number of para-hydroxylation sites is 2. The number of hydrogen-bond donors (Lipinski definition) is 1. The lowest BCUT2D eigenvalue weighted by molar-refractivity contribution is -0.137. The standard InChI is InChI=1S/C14H8ClF3N2/c15-10-6-8(5-9(7-10)14(16,17)18)13-19-11-3-1-2-4-12(11)20-13/h1-7H,(H,19,20). The Morgan fingerprint density at radius 3 is 2.50 bits per heavy atom. The zero-order chi connectivity index (χ0) is 14.3. The number of H-pyrrole nitrogens is 1. The molecule has 0 spiro atoms.